The van der Waals surface area contributed by atoms with E-state index in [4.69, 9.17) is 11.5 Å². The Morgan fingerprint density at radius 1 is 0.736 bits per heavy atom. The van der Waals surface area contributed by atoms with Gasteiger partial charge in [-0.2, -0.15) is 0 Å². The van der Waals surface area contributed by atoms with E-state index >= 15 is 0 Å². The molecule has 0 bridgehead atoms. The molecule has 2 saturated heterocycles. The van der Waals surface area contributed by atoms with Crippen molar-refractivity contribution in [2.75, 3.05) is 32.8 Å². The van der Waals surface area contributed by atoms with Crippen molar-refractivity contribution in [3.63, 3.8) is 0 Å². The van der Waals surface area contributed by atoms with Crippen molar-refractivity contribution >= 4 is 65.0 Å². The third-order valence-corrected chi connectivity index (χ3v) is 11.8. The summed E-state index contributed by atoms with van der Waals surface area (Å²) >= 11 is 0. The summed E-state index contributed by atoms with van der Waals surface area (Å²) in [6, 6.07) is -3.62. The van der Waals surface area contributed by atoms with Crippen LogP contribution in [0, 0.1) is 11.8 Å². The number of aliphatic imine (C=N–C) groups is 1. The van der Waals surface area contributed by atoms with Gasteiger partial charge in [0.2, 0.25) is 59.1 Å². The van der Waals surface area contributed by atoms with Crippen molar-refractivity contribution in [2.24, 2.45) is 28.3 Å². The molecular formula is C47H75N13O12. The zero-order chi connectivity index (χ0) is 53.7. The number of guanidine groups is 1. The summed E-state index contributed by atoms with van der Waals surface area (Å²) in [5.74, 6) is -7.07. The fraction of sp³-hybridized carbons (Fsp3) is 0.638. The first kappa shape index (κ1) is 59.3. The minimum atomic E-state index is -1.63. The second kappa shape index (κ2) is 29.3. The number of rotatable bonds is 28. The molecule has 0 aliphatic carbocycles. The first-order chi connectivity index (χ1) is 34.0. The minimum Gasteiger partial charge on any atom is -0.508 e. The van der Waals surface area contributed by atoms with Crippen molar-refractivity contribution in [2.45, 2.75) is 148 Å². The number of aliphatic hydroxyl groups is 1. The number of likely N-dealkylation sites (N-methyl/N-ethyl adjacent to an activating group) is 1. The van der Waals surface area contributed by atoms with Gasteiger partial charge in [-0.25, -0.2) is 0 Å². The zero-order valence-corrected chi connectivity index (χ0v) is 42.0. The predicted molar refractivity (Wildman–Crippen MR) is 263 cm³/mol. The second-order valence-electron chi connectivity index (χ2n) is 18.8. The molecule has 10 amide bonds. The molecule has 25 nitrogen and oxygen atoms in total. The number of benzene rings is 1. The molecule has 0 aromatic heterocycles. The van der Waals surface area contributed by atoms with Crippen LogP contribution in [0.4, 0.5) is 0 Å². The number of hydrogen-bond donors (Lipinski definition) is 13. The highest BCUT2D eigenvalue weighted by Gasteiger charge is 2.39. The lowest BCUT2D eigenvalue weighted by molar-refractivity contribution is -0.142. The number of phenolic OH excluding ortho intramolecular Hbond substituents is 1. The number of phenols is 1. The maximum Gasteiger partial charge on any atom is 0.245 e. The molecule has 0 saturated carbocycles. The normalized spacial score (nSPS) is 17.7. The number of carbonyl (C=O) groups excluding carboxylic acids is 10. The molecule has 15 N–H and O–H groups in total. The van der Waals surface area contributed by atoms with Crippen LogP contribution in [0.2, 0.25) is 0 Å². The second-order valence-corrected chi connectivity index (χ2v) is 18.8. The van der Waals surface area contributed by atoms with E-state index in [9.17, 15) is 58.2 Å². The van der Waals surface area contributed by atoms with Gasteiger partial charge in [0.05, 0.1) is 13.2 Å². The number of carbonyl (C=O) groups is 10. The summed E-state index contributed by atoms with van der Waals surface area (Å²) in [4.78, 5) is 138. The molecule has 2 heterocycles. The van der Waals surface area contributed by atoms with E-state index in [1.54, 1.807) is 6.92 Å². The average molecular weight is 1010 g/mol. The smallest absolute Gasteiger partial charge is 0.245 e. The minimum absolute atomic E-state index is 0.0546. The molecule has 2 fully saturated rings. The molecule has 72 heavy (non-hydrogen) atoms. The van der Waals surface area contributed by atoms with Crippen molar-refractivity contribution in [3.05, 3.63) is 29.8 Å². The lowest BCUT2D eigenvalue weighted by Gasteiger charge is -2.30. The van der Waals surface area contributed by atoms with Gasteiger partial charge in [0.25, 0.3) is 0 Å². The summed E-state index contributed by atoms with van der Waals surface area (Å²) in [6.07, 6.45) is 1.96. The highest BCUT2D eigenvalue weighted by atomic mass is 16.3. The average Bonchev–Trinajstić information content (AvgIpc) is 4.00. The lowest BCUT2D eigenvalue weighted by atomic mass is 10.0. The Bertz CT molecular complexity index is 2100. The highest BCUT2D eigenvalue weighted by molar-refractivity contribution is 5.98. The van der Waals surface area contributed by atoms with Crippen molar-refractivity contribution in [1.82, 2.24) is 52.8 Å². The summed E-state index contributed by atoms with van der Waals surface area (Å²) in [7, 11) is 0. The molecule has 0 unspecified atom stereocenters. The Balaban J connectivity index is 1.73. The van der Waals surface area contributed by atoms with Gasteiger partial charge in [-0.1, -0.05) is 39.8 Å². The highest BCUT2D eigenvalue weighted by Crippen LogP contribution is 2.20. The van der Waals surface area contributed by atoms with Gasteiger partial charge in [0.15, 0.2) is 5.96 Å². The molecule has 1 aromatic rings. The summed E-state index contributed by atoms with van der Waals surface area (Å²) < 4.78 is 0. The van der Waals surface area contributed by atoms with Crippen molar-refractivity contribution < 1.29 is 58.2 Å². The third kappa shape index (κ3) is 19.6. The van der Waals surface area contributed by atoms with Gasteiger partial charge in [-0.05, 0) is 88.3 Å². The topological polar surface area (TPSA) is 387 Å². The third-order valence-electron chi connectivity index (χ3n) is 11.8. The van der Waals surface area contributed by atoms with E-state index in [1.165, 1.54) is 36.1 Å². The largest absolute Gasteiger partial charge is 0.508 e. The summed E-state index contributed by atoms with van der Waals surface area (Å²) in [6.45, 7) is 9.59. The van der Waals surface area contributed by atoms with E-state index < -0.39 is 109 Å². The van der Waals surface area contributed by atoms with Crippen molar-refractivity contribution in [3.8, 4) is 5.75 Å². The van der Waals surface area contributed by atoms with E-state index in [-0.39, 0.29) is 86.8 Å². The number of nitrogens with two attached hydrogens (primary N) is 2. The first-order valence-corrected chi connectivity index (χ1v) is 24.4. The molecule has 1 aromatic carbocycles. The Labute approximate surface area is 419 Å². The Morgan fingerprint density at radius 2 is 1.33 bits per heavy atom. The van der Waals surface area contributed by atoms with Gasteiger partial charge >= 0.3 is 0 Å². The van der Waals surface area contributed by atoms with Crippen LogP contribution in [0.25, 0.3) is 0 Å². The molecule has 3 rings (SSSR count). The van der Waals surface area contributed by atoms with Crippen molar-refractivity contribution in [1.29, 1.82) is 0 Å². The fourth-order valence-corrected chi connectivity index (χ4v) is 8.07. The zero-order valence-electron chi connectivity index (χ0n) is 42.0. The standard InChI is InChI=1S/C47H75N13O12/c1-7-50-45(71)36-11-9-19-60(36)46(72)31(10-8-18-51-47(48)49)56-43(69)33(21-26(4)5)57-39(65)27(6)53-42(68)34(22-28-12-14-29(62)15-13-28)59-44(70)35(24-61)55-38(64)23-52-40(66)32(20-25(2)3)58-41(67)30-16-17-37(63)54-30/h12-15,25-27,30-36,61-62H,7-11,16-24H2,1-6H3,(H,50,71)(H,52,66)(H,53,68)(H,54,63)(H,55,64)(H,56,69)(H,57,65)(H,58,67)(H,59,70)(H4,48,49,51)/t27-,30+,31+,32+,33+,34+,35+,36+/m1/s1. The van der Waals surface area contributed by atoms with Crippen LogP contribution in [-0.4, -0.2) is 161 Å². The predicted octanol–water partition coefficient (Wildman–Crippen LogP) is -3.48. The van der Waals surface area contributed by atoms with E-state index in [0.717, 1.165) is 0 Å². The number of nitrogens with one attached hydrogen (secondary N) is 9. The Kier molecular flexibility index (Phi) is 24.1. The maximum atomic E-state index is 14.0. The molecule has 2 aliphatic heterocycles. The molecular weight excluding hydrogens is 939 g/mol. The van der Waals surface area contributed by atoms with E-state index in [1.807, 2.05) is 27.7 Å². The number of hydrogen-bond acceptors (Lipinski definition) is 13. The molecule has 2 aliphatic rings. The number of likely N-dealkylation sites (tertiary alicyclic amines) is 1. The number of aromatic hydroxyl groups is 1. The maximum absolute atomic E-state index is 14.0. The monoisotopic (exact) mass is 1010 g/mol. The summed E-state index contributed by atoms with van der Waals surface area (Å²) in [5.41, 5.74) is 11.4. The quantitative estimate of drug-likeness (QED) is 0.0221. The molecule has 8 atom stereocenters. The molecule has 25 heteroatoms. The van der Waals surface area contributed by atoms with Crippen LogP contribution < -0.4 is 59.3 Å². The number of nitrogens with zero attached hydrogens (tertiary/aromatic N) is 2. The van der Waals surface area contributed by atoms with E-state index in [0.29, 0.717) is 31.5 Å². The van der Waals surface area contributed by atoms with Gasteiger partial charge in [0, 0.05) is 32.5 Å². The molecule has 0 spiro atoms. The van der Waals surface area contributed by atoms with Gasteiger partial charge in [-0.3, -0.25) is 52.9 Å². The Hall–Kier alpha value is -7.05. The van der Waals surface area contributed by atoms with Crippen LogP contribution in [0.5, 0.6) is 5.75 Å². The molecule has 0 radical (unpaired) electrons. The van der Waals surface area contributed by atoms with Gasteiger partial charge < -0.3 is 74.4 Å². The van der Waals surface area contributed by atoms with Crippen LogP contribution in [0.1, 0.15) is 98.5 Å². The first-order valence-electron chi connectivity index (χ1n) is 24.4. The number of aliphatic hydroxyl groups excluding tert-OH is 1. The van der Waals surface area contributed by atoms with Crippen LogP contribution >= 0.6 is 0 Å². The fourth-order valence-electron chi connectivity index (χ4n) is 8.07. The van der Waals surface area contributed by atoms with Crippen LogP contribution in [-0.2, 0) is 54.4 Å². The van der Waals surface area contributed by atoms with Gasteiger partial charge in [-0.15, -0.1) is 0 Å². The van der Waals surface area contributed by atoms with Crippen LogP contribution in [0.15, 0.2) is 29.3 Å². The summed E-state index contributed by atoms with van der Waals surface area (Å²) in [5, 5.41) is 43.1. The Morgan fingerprint density at radius 3 is 1.92 bits per heavy atom. The SMILES string of the molecule is CCNC(=O)[C@@H]1CCCN1C(=O)[C@H](CCCN=C(N)N)NC(=O)[C@H](CC(C)C)NC(=O)[C@@H](C)NC(=O)[C@H](Cc1ccc(O)cc1)NC(=O)[C@H](CO)NC(=O)CNC(=O)[C@H](CC(C)C)NC(=O)[C@@H]1CCC(=O)N1. The number of amides is 10. The molecule has 400 valence electrons. The van der Waals surface area contributed by atoms with E-state index in [2.05, 4.69) is 52.8 Å². The van der Waals surface area contributed by atoms with Crippen LogP contribution in [0.3, 0.4) is 0 Å². The lowest BCUT2D eigenvalue weighted by Crippen LogP contribution is -2.60. The van der Waals surface area contributed by atoms with Gasteiger partial charge in [0.1, 0.15) is 54.1 Å².